The minimum atomic E-state index is -0.0189. The van der Waals surface area contributed by atoms with E-state index < -0.39 is 0 Å². The Labute approximate surface area is 163 Å². The topological polar surface area (TPSA) is 73.3 Å². The summed E-state index contributed by atoms with van der Waals surface area (Å²) in [7, 11) is 0. The number of aromatic nitrogens is 3. The van der Waals surface area contributed by atoms with Crippen LogP contribution >= 0.6 is 0 Å². The van der Waals surface area contributed by atoms with Gasteiger partial charge in [0.2, 0.25) is 17.6 Å². The van der Waals surface area contributed by atoms with E-state index in [4.69, 9.17) is 9.52 Å². The predicted octanol–water partition coefficient (Wildman–Crippen LogP) is 4.04. The third kappa shape index (κ3) is 4.44. The number of rotatable bonds is 5. The maximum Gasteiger partial charge on any atom is 0.232 e. The minimum absolute atomic E-state index is 0.0189. The van der Waals surface area contributed by atoms with E-state index in [1.807, 2.05) is 48.5 Å². The number of benzene rings is 1. The van der Waals surface area contributed by atoms with E-state index in [0.29, 0.717) is 24.2 Å². The SMILES string of the molecule is O=C(CCc1nc(-c2ccccc2)no1)n1ccccc1=NC1CCCCC1. The highest BCUT2D eigenvalue weighted by Gasteiger charge is 2.14. The summed E-state index contributed by atoms with van der Waals surface area (Å²) >= 11 is 0. The molecular formula is C22H24N4O2. The number of pyridine rings is 1. The summed E-state index contributed by atoms with van der Waals surface area (Å²) in [6, 6.07) is 15.7. The summed E-state index contributed by atoms with van der Waals surface area (Å²) in [5.41, 5.74) is 1.63. The molecule has 6 heteroatoms. The molecular weight excluding hydrogens is 352 g/mol. The van der Waals surface area contributed by atoms with Crippen LogP contribution in [0.3, 0.4) is 0 Å². The van der Waals surface area contributed by atoms with Crippen molar-refractivity contribution in [3.8, 4) is 11.4 Å². The third-order valence-electron chi connectivity index (χ3n) is 5.05. The fourth-order valence-electron chi connectivity index (χ4n) is 3.54. The molecule has 0 unspecified atom stereocenters. The maximum absolute atomic E-state index is 12.8. The van der Waals surface area contributed by atoms with Gasteiger partial charge in [0.25, 0.3) is 0 Å². The molecule has 1 saturated carbocycles. The Balaban J connectivity index is 1.45. The van der Waals surface area contributed by atoms with Crippen molar-refractivity contribution in [2.75, 3.05) is 0 Å². The molecule has 0 amide bonds. The van der Waals surface area contributed by atoms with Crippen molar-refractivity contribution in [1.29, 1.82) is 0 Å². The minimum Gasteiger partial charge on any atom is -0.339 e. The van der Waals surface area contributed by atoms with Gasteiger partial charge in [-0.25, -0.2) is 0 Å². The molecule has 2 heterocycles. The van der Waals surface area contributed by atoms with Crippen LogP contribution in [0, 0.1) is 0 Å². The summed E-state index contributed by atoms with van der Waals surface area (Å²) in [6.07, 6.45) is 8.41. The van der Waals surface area contributed by atoms with Crippen molar-refractivity contribution in [3.63, 3.8) is 0 Å². The van der Waals surface area contributed by atoms with Crippen molar-refractivity contribution in [1.82, 2.24) is 14.7 Å². The molecule has 0 bridgehead atoms. The summed E-state index contributed by atoms with van der Waals surface area (Å²) in [5, 5.41) is 4.01. The first kappa shape index (κ1) is 18.3. The monoisotopic (exact) mass is 376 g/mol. The Morgan fingerprint density at radius 3 is 2.68 bits per heavy atom. The lowest BCUT2D eigenvalue weighted by Gasteiger charge is -2.17. The van der Waals surface area contributed by atoms with Crippen LogP contribution in [0.25, 0.3) is 11.4 Å². The number of hydrogen-bond donors (Lipinski definition) is 0. The number of hydrogen-bond acceptors (Lipinski definition) is 5. The second kappa shape index (κ2) is 8.78. The van der Waals surface area contributed by atoms with Crippen LogP contribution in [0.4, 0.5) is 0 Å². The zero-order chi connectivity index (χ0) is 19.2. The number of carbonyl (C=O) groups is 1. The Bertz CT molecular complexity index is 985. The van der Waals surface area contributed by atoms with Crippen molar-refractivity contribution in [2.45, 2.75) is 51.0 Å². The third-order valence-corrected chi connectivity index (χ3v) is 5.05. The molecule has 0 saturated heterocycles. The van der Waals surface area contributed by atoms with Crippen LogP contribution in [-0.4, -0.2) is 26.7 Å². The molecule has 1 aliphatic rings. The molecule has 4 rings (SSSR count). The number of aryl methyl sites for hydroxylation is 1. The smallest absolute Gasteiger partial charge is 0.232 e. The Morgan fingerprint density at radius 2 is 1.86 bits per heavy atom. The lowest BCUT2D eigenvalue weighted by molar-refractivity contribution is 0.0893. The van der Waals surface area contributed by atoms with E-state index in [1.54, 1.807) is 10.8 Å². The number of carbonyl (C=O) groups excluding carboxylic acids is 1. The molecule has 0 spiro atoms. The van der Waals surface area contributed by atoms with Gasteiger partial charge in [0.05, 0.1) is 6.04 Å². The van der Waals surface area contributed by atoms with Gasteiger partial charge >= 0.3 is 0 Å². The fourth-order valence-corrected chi connectivity index (χ4v) is 3.54. The van der Waals surface area contributed by atoms with E-state index in [0.717, 1.165) is 23.9 Å². The van der Waals surface area contributed by atoms with E-state index in [9.17, 15) is 4.79 Å². The molecule has 28 heavy (non-hydrogen) atoms. The first-order valence-electron chi connectivity index (χ1n) is 9.92. The van der Waals surface area contributed by atoms with Gasteiger partial charge in [0, 0.05) is 24.6 Å². The fraction of sp³-hybridized carbons (Fsp3) is 0.364. The maximum atomic E-state index is 12.8. The zero-order valence-electron chi connectivity index (χ0n) is 15.8. The van der Waals surface area contributed by atoms with Crippen LogP contribution in [-0.2, 0) is 6.42 Å². The molecule has 2 aromatic heterocycles. The zero-order valence-corrected chi connectivity index (χ0v) is 15.8. The molecule has 1 aliphatic carbocycles. The summed E-state index contributed by atoms with van der Waals surface area (Å²) in [4.78, 5) is 22.0. The molecule has 0 N–H and O–H groups in total. The summed E-state index contributed by atoms with van der Waals surface area (Å²) in [5.74, 6) is 0.993. The van der Waals surface area contributed by atoms with Crippen molar-refractivity contribution in [2.24, 2.45) is 4.99 Å². The highest BCUT2D eigenvalue weighted by atomic mass is 16.5. The second-order valence-corrected chi connectivity index (χ2v) is 7.12. The Morgan fingerprint density at radius 1 is 1.07 bits per heavy atom. The van der Waals surface area contributed by atoms with Gasteiger partial charge in [-0.2, -0.15) is 4.98 Å². The van der Waals surface area contributed by atoms with E-state index in [1.165, 1.54) is 19.3 Å². The van der Waals surface area contributed by atoms with E-state index in [2.05, 4.69) is 10.1 Å². The quantitative estimate of drug-likeness (QED) is 0.673. The predicted molar refractivity (Wildman–Crippen MR) is 106 cm³/mol. The Kier molecular flexibility index (Phi) is 5.75. The van der Waals surface area contributed by atoms with Crippen LogP contribution < -0.4 is 5.49 Å². The van der Waals surface area contributed by atoms with Crippen LogP contribution in [0.1, 0.15) is 49.2 Å². The normalized spacial score (nSPS) is 15.6. The van der Waals surface area contributed by atoms with Crippen LogP contribution in [0.15, 0.2) is 64.2 Å². The molecule has 0 atom stereocenters. The van der Waals surface area contributed by atoms with Crippen molar-refractivity contribution < 1.29 is 9.32 Å². The average molecular weight is 376 g/mol. The molecule has 0 aliphatic heterocycles. The highest BCUT2D eigenvalue weighted by molar-refractivity contribution is 5.78. The van der Waals surface area contributed by atoms with Gasteiger partial charge in [-0.3, -0.25) is 14.4 Å². The van der Waals surface area contributed by atoms with Gasteiger partial charge in [0.15, 0.2) is 0 Å². The Hall–Kier alpha value is -3.02. The first-order valence-corrected chi connectivity index (χ1v) is 9.92. The standard InChI is InChI=1S/C22H24N4O2/c27-21(15-14-20-24-22(25-28-20)17-9-3-1-4-10-17)26-16-8-7-13-19(26)23-18-11-5-2-6-12-18/h1,3-4,7-10,13,16,18H,2,5-6,11-12,14-15H2. The first-order chi connectivity index (χ1) is 13.8. The van der Waals surface area contributed by atoms with Crippen molar-refractivity contribution >= 4 is 5.91 Å². The molecule has 6 nitrogen and oxygen atoms in total. The van der Waals surface area contributed by atoms with Crippen molar-refractivity contribution in [3.05, 3.63) is 66.1 Å². The lowest BCUT2D eigenvalue weighted by Crippen LogP contribution is -2.29. The van der Waals surface area contributed by atoms with Gasteiger partial charge in [-0.15, -0.1) is 0 Å². The van der Waals surface area contributed by atoms with Gasteiger partial charge in [0.1, 0.15) is 5.49 Å². The van der Waals surface area contributed by atoms with Crippen LogP contribution in [0.2, 0.25) is 0 Å². The second-order valence-electron chi connectivity index (χ2n) is 7.12. The highest BCUT2D eigenvalue weighted by Crippen LogP contribution is 2.19. The van der Waals surface area contributed by atoms with Gasteiger partial charge in [-0.05, 0) is 25.0 Å². The van der Waals surface area contributed by atoms with E-state index in [-0.39, 0.29) is 12.3 Å². The molecule has 1 fully saturated rings. The molecule has 3 aromatic rings. The summed E-state index contributed by atoms with van der Waals surface area (Å²) in [6.45, 7) is 0. The number of nitrogens with zero attached hydrogens (tertiary/aromatic N) is 4. The van der Waals surface area contributed by atoms with Crippen LogP contribution in [0.5, 0.6) is 0 Å². The lowest BCUT2D eigenvalue weighted by atomic mass is 9.96. The van der Waals surface area contributed by atoms with E-state index >= 15 is 0 Å². The van der Waals surface area contributed by atoms with Gasteiger partial charge in [-0.1, -0.05) is 60.8 Å². The average Bonchev–Trinajstić information content (AvgIpc) is 3.23. The molecule has 1 aromatic carbocycles. The largest absolute Gasteiger partial charge is 0.339 e. The summed E-state index contributed by atoms with van der Waals surface area (Å²) < 4.78 is 6.95. The molecule has 0 radical (unpaired) electrons. The molecule has 144 valence electrons. The van der Waals surface area contributed by atoms with Gasteiger partial charge < -0.3 is 4.52 Å².